The highest BCUT2D eigenvalue weighted by atomic mass is 79.9. The molecule has 2 N–H and O–H groups in total. The highest BCUT2D eigenvalue weighted by Gasteiger charge is 2.29. The molecule has 7 nitrogen and oxygen atoms in total. The first kappa shape index (κ1) is 21.7. The number of carbonyl (C=O) groups excluding carboxylic acids is 1. The lowest BCUT2D eigenvalue weighted by Gasteiger charge is -2.26. The summed E-state index contributed by atoms with van der Waals surface area (Å²) in [6.45, 7) is 2.67. The van der Waals surface area contributed by atoms with Crippen molar-refractivity contribution in [1.29, 1.82) is 0 Å². The van der Waals surface area contributed by atoms with Crippen LogP contribution in [0.4, 0.5) is 15.8 Å². The van der Waals surface area contributed by atoms with Gasteiger partial charge in [-0.25, -0.2) is 12.8 Å². The number of aryl methyl sites for hydroxylation is 1. The van der Waals surface area contributed by atoms with E-state index in [9.17, 15) is 17.6 Å². The first-order chi connectivity index (χ1) is 13.8. The Morgan fingerprint density at radius 3 is 2.62 bits per heavy atom. The van der Waals surface area contributed by atoms with Crippen molar-refractivity contribution in [3.05, 3.63) is 52.3 Å². The van der Waals surface area contributed by atoms with Gasteiger partial charge in [-0.3, -0.25) is 4.79 Å². The summed E-state index contributed by atoms with van der Waals surface area (Å²) in [6.07, 6.45) is 0. The summed E-state index contributed by atoms with van der Waals surface area (Å²) in [4.78, 5) is 11.8. The zero-order chi connectivity index (χ0) is 21.0. The molecule has 0 spiro atoms. The predicted molar refractivity (Wildman–Crippen MR) is 112 cm³/mol. The molecule has 3 rings (SSSR count). The quantitative estimate of drug-likeness (QED) is 0.656. The van der Waals surface area contributed by atoms with Crippen LogP contribution in [0.2, 0.25) is 0 Å². The summed E-state index contributed by atoms with van der Waals surface area (Å²) in [5, 5.41) is 5.62. The topological polar surface area (TPSA) is 87.7 Å². The number of carbonyl (C=O) groups is 1. The van der Waals surface area contributed by atoms with Crippen LogP contribution in [0.15, 0.2) is 45.8 Å². The van der Waals surface area contributed by atoms with Crippen molar-refractivity contribution in [2.45, 2.75) is 11.8 Å². The van der Waals surface area contributed by atoms with Crippen molar-refractivity contribution in [1.82, 2.24) is 4.31 Å². The Morgan fingerprint density at radius 1 is 1.21 bits per heavy atom. The number of ether oxygens (including phenoxy) is 1. The second-order valence-corrected chi connectivity index (χ2v) is 9.34. The van der Waals surface area contributed by atoms with Crippen molar-refractivity contribution < 1.29 is 22.3 Å². The molecule has 2 aromatic carbocycles. The van der Waals surface area contributed by atoms with Crippen molar-refractivity contribution in [3.8, 4) is 0 Å². The molecule has 0 aliphatic carbocycles. The van der Waals surface area contributed by atoms with Crippen LogP contribution in [0, 0.1) is 12.7 Å². The molecule has 29 heavy (non-hydrogen) atoms. The number of benzene rings is 2. The van der Waals surface area contributed by atoms with Crippen LogP contribution in [0.1, 0.15) is 5.56 Å². The Kier molecular flexibility index (Phi) is 6.89. The number of halogens is 2. The zero-order valence-corrected chi connectivity index (χ0v) is 18.1. The van der Waals surface area contributed by atoms with Crippen LogP contribution in [-0.2, 0) is 19.6 Å². The molecule has 1 saturated heterocycles. The lowest BCUT2D eigenvalue weighted by molar-refractivity contribution is -0.114. The molecule has 0 unspecified atom stereocenters. The lowest BCUT2D eigenvalue weighted by Crippen LogP contribution is -2.40. The molecule has 0 atom stereocenters. The first-order valence-electron chi connectivity index (χ1n) is 8.95. The Morgan fingerprint density at radius 2 is 1.93 bits per heavy atom. The molecule has 1 fully saturated rings. The van der Waals surface area contributed by atoms with Gasteiger partial charge in [0.15, 0.2) is 0 Å². The van der Waals surface area contributed by atoms with Crippen molar-refractivity contribution in [3.63, 3.8) is 0 Å². The van der Waals surface area contributed by atoms with E-state index < -0.39 is 20.7 Å². The molecule has 1 aliphatic rings. The second kappa shape index (κ2) is 9.21. The van der Waals surface area contributed by atoms with Gasteiger partial charge >= 0.3 is 0 Å². The average molecular weight is 486 g/mol. The maximum atomic E-state index is 14.2. The van der Waals surface area contributed by atoms with E-state index in [1.807, 2.05) is 19.1 Å². The molecule has 2 aromatic rings. The van der Waals surface area contributed by atoms with Crippen LogP contribution in [0.5, 0.6) is 0 Å². The number of hydrogen-bond acceptors (Lipinski definition) is 5. The van der Waals surface area contributed by atoms with E-state index in [-0.39, 0.29) is 38.8 Å². The van der Waals surface area contributed by atoms with Gasteiger partial charge in [0.25, 0.3) is 0 Å². The van der Waals surface area contributed by atoms with Crippen LogP contribution < -0.4 is 10.6 Å². The highest BCUT2D eigenvalue weighted by Crippen LogP contribution is 2.24. The first-order valence-corrected chi connectivity index (χ1v) is 11.2. The Labute approximate surface area is 177 Å². The van der Waals surface area contributed by atoms with E-state index in [4.69, 9.17) is 4.74 Å². The second-order valence-electron chi connectivity index (χ2n) is 6.52. The van der Waals surface area contributed by atoms with Gasteiger partial charge < -0.3 is 15.4 Å². The van der Waals surface area contributed by atoms with Gasteiger partial charge in [-0.05, 0) is 48.9 Å². The molecular weight excluding hydrogens is 465 g/mol. The minimum Gasteiger partial charge on any atom is -0.379 e. The van der Waals surface area contributed by atoms with Crippen LogP contribution in [0.25, 0.3) is 0 Å². The Balaban J connectivity index is 1.68. The van der Waals surface area contributed by atoms with Gasteiger partial charge in [0.1, 0.15) is 10.7 Å². The molecule has 1 heterocycles. The maximum Gasteiger partial charge on any atom is 0.246 e. The smallest absolute Gasteiger partial charge is 0.246 e. The highest BCUT2D eigenvalue weighted by molar-refractivity contribution is 9.10. The van der Waals surface area contributed by atoms with Gasteiger partial charge in [0.2, 0.25) is 15.9 Å². The number of nitrogens with one attached hydrogen (secondary N) is 2. The lowest BCUT2D eigenvalue weighted by atomic mass is 10.2. The number of sulfonamides is 1. The summed E-state index contributed by atoms with van der Waals surface area (Å²) in [7, 11) is -3.98. The molecule has 1 amide bonds. The van der Waals surface area contributed by atoms with E-state index in [0.29, 0.717) is 11.4 Å². The van der Waals surface area contributed by atoms with Gasteiger partial charge in [0, 0.05) is 28.9 Å². The molecule has 0 aromatic heterocycles. The molecule has 0 bridgehead atoms. The number of rotatable bonds is 6. The fourth-order valence-corrected chi connectivity index (χ4v) is 4.85. The van der Waals surface area contributed by atoms with E-state index >= 15 is 0 Å². The normalized spacial score (nSPS) is 15.1. The summed E-state index contributed by atoms with van der Waals surface area (Å²) < 4.78 is 46.9. The van der Waals surface area contributed by atoms with E-state index in [1.165, 1.54) is 16.4 Å². The predicted octanol–water partition coefficient (Wildman–Crippen LogP) is 2.97. The average Bonchev–Trinajstić information content (AvgIpc) is 2.70. The summed E-state index contributed by atoms with van der Waals surface area (Å²) in [6, 6.07) is 9.16. The number of nitrogens with zero attached hydrogens (tertiary/aromatic N) is 1. The van der Waals surface area contributed by atoms with E-state index in [2.05, 4.69) is 26.6 Å². The monoisotopic (exact) mass is 485 g/mol. The van der Waals surface area contributed by atoms with Crippen molar-refractivity contribution >= 4 is 43.2 Å². The maximum absolute atomic E-state index is 14.2. The third-order valence-electron chi connectivity index (χ3n) is 4.43. The van der Waals surface area contributed by atoms with Crippen molar-refractivity contribution in [2.24, 2.45) is 0 Å². The van der Waals surface area contributed by atoms with Crippen LogP contribution >= 0.6 is 15.9 Å². The van der Waals surface area contributed by atoms with Gasteiger partial charge in [-0.1, -0.05) is 15.9 Å². The minimum atomic E-state index is -3.98. The fourth-order valence-electron chi connectivity index (χ4n) is 2.88. The summed E-state index contributed by atoms with van der Waals surface area (Å²) >= 11 is 3.37. The molecule has 1 aliphatic heterocycles. The number of amides is 1. The van der Waals surface area contributed by atoms with Gasteiger partial charge in [0.05, 0.1) is 19.8 Å². The Hall–Kier alpha value is -2.01. The molecule has 0 saturated carbocycles. The number of anilines is 2. The van der Waals surface area contributed by atoms with Crippen molar-refractivity contribution in [2.75, 3.05) is 43.5 Å². The minimum absolute atomic E-state index is 0.0990. The number of hydrogen-bond donors (Lipinski definition) is 2. The molecule has 156 valence electrons. The molecule has 10 heteroatoms. The van der Waals surface area contributed by atoms with Gasteiger partial charge in [-0.15, -0.1) is 0 Å². The van der Waals surface area contributed by atoms with E-state index in [0.717, 1.165) is 16.1 Å². The third-order valence-corrected chi connectivity index (χ3v) is 6.84. The molecular formula is C19H21BrFN3O4S. The Bertz CT molecular complexity index is 1010. The largest absolute Gasteiger partial charge is 0.379 e. The third kappa shape index (κ3) is 5.33. The fraction of sp³-hybridized carbons (Fsp3) is 0.316. The molecule has 0 radical (unpaired) electrons. The van der Waals surface area contributed by atoms with Gasteiger partial charge in [-0.2, -0.15) is 4.31 Å². The van der Waals surface area contributed by atoms with E-state index in [1.54, 1.807) is 6.07 Å². The SMILES string of the molecule is Cc1cc(Br)ccc1NC(=O)CNc1ccc(F)c(S(=O)(=O)N2CCOCC2)c1. The van der Waals surface area contributed by atoms with Crippen LogP contribution in [-0.4, -0.2) is 51.5 Å². The summed E-state index contributed by atoms with van der Waals surface area (Å²) in [5.74, 6) is -1.14. The number of morpholine rings is 1. The summed E-state index contributed by atoms with van der Waals surface area (Å²) in [5.41, 5.74) is 1.91. The zero-order valence-electron chi connectivity index (χ0n) is 15.7. The standard InChI is InChI=1S/C19H21BrFN3O4S/c1-13-10-14(20)2-5-17(13)23-19(25)12-22-15-3-4-16(21)18(11-15)29(26,27)24-6-8-28-9-7-24/h2-5,10-11,22H,6-9,12H2,1H3,(H,23,25). The van der Waals surface area contributed by atoms with Crippen LogP contribution in [0.3, 0.4) is 0 Å².